The summed E-state index contributed by atoms with van der Waals surface area (Å²) in [6, 6.07) is 26.0. The Labute approximate surface area is 212 Å². The molecule has 0 saturated heterocycles. The molecule has 5 nitrogen and oxygen atoms in total. The van der Waals surface area contributed by atoms with Crippen molar-refractivity contribution in [3.8, 4) is 5.75 Å². The predicted molar refractivity (Wildman–Crippen MR) is 141 cm³/mol. The summed E-state index contributed by atoms with van der Waals surface area (Å²) in [5.41, 5.74) is 1.19. The van der Waals surface area contributed by atoms with Gasteiger partial charge in [-0.2, -0.15) is 0 Å². The normalized spacial score (nSPS) is 13.2. The Morgan fingerprint density at radius 2 is 1.51 bits per heavy atom. The highest BCUT2D eigenvalue weighted by Gasteiger charge is 2.38. The number of carboxylic acids is 1. The van der Waals surface area contributed by atoms with E-state index in [9.17, 15) is 18.3 Å². The van der Waals surface area contributed by atoms with Gasteiger partial charge in [0.05, 0.1) is 23.2 Å². The van der Waals surface area contributed by atoms with Crippen molar-refractivity contribution in [3.05, 3.63) is 90.5 Å². The number of carbonyl (C=O) groups is 1. The van der Waals surface area contributed by atoms with Crippen LogP contribution in [0.1, 0.15) is 31.2 Å². The maximum atomic E-state index is 13.7. The van der Waals surface area contributed by atoms with Gasteiger partial charge in [-0.3, -0.25) is 4.79 Å². The van der Waals surface area contributed by atoms with Crippen LogP contribution in [0.5, 0.6) is 5.75 Å². The smallest absolute Gasteiger partial charge is 0.307 e. The molecule has 0 heterocycles. The topological polar surface area (TPSA) is 80.7 Å². The van der Waals surface area contributed by atoms with Gasteiger partial charge in [0.1, 0.15) is 5.75 Å². The number of aliphatic carboxylic acids is 1. The highest BCUT2D eigenvalue weighted by molar-refractivity contribution is 7.99. The summed E-state index contributed by atoms with van der Waals surface area (Å²) in [6.07, 6.45) is 2.83. The largest absolute Gasteiger partial charge is 0.497 e. The van der Waals surface area contributed by atoms with Gasteiger partial charge in [-0.15, -0.1) is 11.8 Å². The van der Waals surface area contributed by atoms with Gasteiger partial charge >= 0.3 is 5.97 Å². The van der Waals surface area contributed by atoms with E-state index in [1.54, 1.807) is 23.9 Å². The van der Waals surface area contributed by atoms with Gasteiger partial charge in [-0.25, -0.2) is 8.42 Å². The van der Waals surface area contributed by atoms with E-state index in [1.165, 1.54) is 24.8 Å². The summed E-state index contributed by atoms with van der Waals surface area (Å²) in [7, 11) is -2.34. The highest BCUT2D eigenvalue weighted by atomic mass is 32.2. The molecule has 0 fully saturated rings. The quantitative estimate of drug-likeness (QED) is 0.207. The van der Waals surface area contributed by atoms with Crippen molar-refractivity contribution in [1.82, 2.24) is 0 Å². The number of sulfone groups is 1. The molecule has 3 aromatic carbocycles. The van der Waals surface area contributed by atoms with E-state index >= 15 is 0 Å². The molecule has 0 spiro atoms. The zero-order chi connectivity index (χ0) is 25.1. The summed E-state index contributed by atoms with van der Waals surface area (Å²) < 4.78 is 32.5. The molecular formula is C28H32O5S2. The van der Waals surface area contributed by atoms with E-state index in [0.717, 1.165) is 17.7 Å². The first-order chi connectivity index (χ1) is 16.9. The second kappa shape index (κ2) is 13.4. The van der Waals surface area contributed by atoms with Crippen LogP contribution in [-0.4, -0.2) is 37.6 Å². The zero-order valence-corrected chi connectivity index (χ0v) is 21.5. The molecule has 3 aromatic rings. The van der Waals surface area contributed by atoms with Crippen molar-refractivity contribution >= 4 is 27.6 Å². The number of rotatable bonds is 14. The molecule has 2 atom stereocenters. The first kappa shape index (κ1) is 26.8. The van der Waals surface area contributed by atoms with Crippen molar-refractivity contribution < 1.29 is 23.1 Å². The second-order valence-electron chi connectivity index (χ2n) is 8.39. The molecule has 0 amide bonds. The molecule has 0 aromatic heterocycles. The molecular weight excluding hydrogens is 480 g/mol. The minimum atomic E-state index is -3.86. The van der Waals surface area contributed by atoms with Crippen LogP contribution in [0.15, 0.2) is 94.7 Å². The number of aryl methyl sites for hydroxylation is 1. The molecule has 0 aliphatic carbocycles. The molecule has 0 aliphatic rings. The maximum absolute atomic E-state index is 13.7. The van der Waals surface area contributed by atoms with Crippen LogP contribution in [0.3, 0.4) is 0 Å². The number of carboxylic acid groups (broad SMARTS) is 1. The van der Waals surface area contributed by atoms with Gasteiger partial charge in [0.15, 0.2) is 9.84 Å². The third kappa shape index (κ3) is 7.87. The molecule has 186 valence electrons. The molecule has 2 unspecified atom stereocenters. The first-order valence-corrected chi connectivity index (χ1v) is 14.3. The third-order valence-electron chi connectivity index (χ3n) is 6.04. The van der Waals surface area contributed by atoms with Crippen molar-refractivity contribution in [2.45, 2.75) is 47.1 Å². The van der Waals surface area contributed by atoms with Crippen molar-refractivity contribution in [2.24, 2.45) is 5.92 Å². The van der Waals surface area contributed by atoms with E-state index in [-0.39, 0.29) is 11.3 Å². The zero-order valence-electron chi connectivity index (χ0n) is 19.9. The van der Waals surface area contributed by atoms with Crippen LogP contribution in [0.25, 0.3) is 0 Å². The molecule has 1 N–H and O–H groups in total. The van der Waals surface area contributed by atoms with Crippen LogP contribution in [0.4, 0.5) is 0 Å². The third-order valence-corrected chi connectivity index (χ3v) is 9.38. The number of hydrogen-bond donors (Lipinski definition) is 1. The van der Waals surface area contributed by atoms with E-state index in [1.807, 2.05) is 60.7 Å². The van der Waals surface area contributed by atoms with Gasteiger partial charge < -0.3 is 9.84 Å². The predicted octanol–water partition coefficient (Wildman–Crippen LogP) is 6.13. The molecule has 35 heavy (non-hydrogen) atoms. The summed E-state index contributed by atoms with van der Waals surface area (Å²) >= 11 is 1.55. The Morgan fingerprint density at radius 3 is 2.11 bits per heavy atom. The fourth-order valence-electron chi connectivity index (χ4n) is 4.12. The van der Waals surface area contributed by atoms with Gasteiger partial charge in [-0.05, 0) is 73.4 Å². The molecule has 0 bridgehead atoms. The van der Waals surface area contributed by atoms with Gasteiger partial charge in [0.25, 0.3) is 0 Å². The average molecular weight is 513 g/mol. The summed E-state index contributed by atoms with van der Waals surface area (Å²) in [5, 5.41) is 9.07. The van der Waals surface area contributed by atoms with E-state index in [2.05, 4.69) is 0 Å². The lowest BCUT2D eigenvalue weighted by Crippen LogP contribution is -2.35. The Balaban J connectivity index is 1.77. The van der Waals surface area contributed by atoms with Crippen LogP contribution >= 0.6 is 11.8 Å². The summed E-state index contributed by atoms with van der Waals surface area (Å²) in [5.74, 6) is -0.976. The number of thioether (sulfide) groups is 1. The lowest BCUT2D eigenvalue weighted by molar-refractivity contribution is -0.141. The van der Waals surface area contributed by atoms with E-state index in [0.29, 0.717) is 24.3 Å². The lowest BCUT2D eigenvalue weighted by atomic mass is 9.97. The number of ether oxygens (including phenoxy) is 1. The number of unbranched alkanes of at least 4 members (excludes halogenated alkanes) is 1. The minimum absolute atomic E-state index is 0.133. The Hall–Kier alpha value is -2.77. The SMILES string of the molecule is COc1ccc(S(=O)(=O)C(CCCCc2ccccc2)C(CCSc2ccccc2)C(=O)O)cc1. The molecule has 0 aliphatic heterocycles. The molecule has 0 radical (unpaired) electrons. The second-order valence-corrected chi connectivity index (χ2v) is 11.7. The maximum Gasteiger partial charge on any atom is 0.307 e. The lowest BCUT2D eigenvalue weighted by Gasteiger charge is -2.24. The van der Waals surface area contributed by atoms with Gasteiger partial charge in [-0.1, -0.05) is 55.0 Å². The number of benzene rings is 3. The Morgan fingerprint density at radius 1 is 0.886 bits per heavy atom. The molecule has 0 saturated carbocycles. The fourth-order valence-corrected chi connectivity index (χ4v) is 7.11. The highest BCUT2D eigenvalue weighted by Crippen LogP contribution is 2.31. The monoisotopic (exact) mass is 512 g/mol. The number of hydrogen-bond acceptors (Lipinski definition) is 5. The standard InChI is InChI=1S/C28H32O5S2/c1-33-23-16-18-25(19-17-23)35(31,32)27(15-9-8-12-22-10-4-2-5-11-22)26(28(29)30)20-21-34-24-13-6-3-7-14-24/h2-7,10-11,13-14,16-19,26-27H,8-9,12,15,20-21H2,1H3,(H,29,30). The average Bonchev–Trinajstić information content (AvgIpc) is 2.88. The van der Waals surface area contributed by atoms with E-state index < -0.39 is 27.0 Å². The Bertz CT molecular complexity index is 1150. The van der Waals surface area contributed by atoms with Crippen molar-refractivity contribution in [2.75, 3.05) is 12.9 Å². The molecule has 3 rings (SSSR count). The first-order valence-electron chi connectivity index (χ1n) is 11.7. The summed E-state index contributed by atoms with van der Waals surface area (Å²) in [4.78, 5) is 13.5. The van der Waals surface area contributed by atoms with Crippen molar-refractivity contribution in [3.63, 3.8) is 0 Å². The van der Waals surface area contributed by atoms with Crippen molar-refractivity contribution in [1.29, 1.82) is 0 Å². The van der Waals surface area contributed by atoms with E-state index in [4.69, 9.17) is 4.74 Å². The fraction of sp³-hybridized carbons (Fsp3) is 0.321. The van der Waals surface area contributed by atoms with Gasteiger partial charge in [0.2, 0.25) is 0 Å². The van der Waals surface area contributed by atoms with Crippen LogP contribution < -0.4 is 4.74 Å². The number of methoxy groups -OCH3 is 1. The Kier molecular flexibility index (Phi) is 10.2. The van der Waals surface area contributed by atoms with Crippen LogP contribution in [-0.2, 0) is 21.1 Å². The van der Waals surface area contributed by atoms with Crippen LogP contribution in [0.2, 0.25) is 0 Å². The van der Waals surface area contributed by atoms with Gasteiger partial charge in [0, 0.05) is 4.90 Å². The summed E-state index contributed by atoms with van der Waals surface area (Å²) in [6.45, 7) is 0. The minimum Gasteiger partial charge on any atom is -0.497 e. The van der Waals surface area contributed by atoms with Crippen LogP contribution in [0, 0.1) is 5.92 Å². The molecule has 7 heteroatoms.